The fourth-order valence-corrected chi connectivity index (χ4v) is 3.10. The summed E-state index contributed by atoms with van der Waals surface area (Å²) in [5.41, 5.74) is 0.946. The monoisotopic (exact) mass is 289 g/mol. The molecule has 0 spiro atoms. The second kappa shape index (κ2) is 5.97. The van der Waals surface area contributed by atoms with E-state index in [0.717, 1.165) is 42.7 Å². The highest BCUT2D eigenvalue weighted by atomic mass is 16.5. The Labute approximate surface area is 125 Å². The number of rotatable bonds is 4. The van der Waals surface area contributed by atoms with E-state index in [9.17, 15) is 0 Å². The van der Waals surface area contributed by atoms with Crippen LogP contribution in [0.25, 0.3) is 0 Å². The predicted molar refractivity (Wildman–Crippen MR) is 78.8 cm³/mol. The normalized spacial score (nSPS) is 20.0. The van der Waals surface area contributed by atoms with Gasteiger partial charge in [0.1, 0.15) is 11.6 Å². The number of nitrogens with zero attached hydrogens (tertiary/aromatic N) is 5. The van der Waals surface area contributed by atoms with Gasteiger partial charge in [0.15, 0.2) is 5.76 Å². The van der Waals surface area contributed by atoms with Gasteiger partial charge in [-0.15, -0.1) is 0 Å². The summed E-state index contributed by atoms with van der Waals surface area (Å²) < 4.78 is 7.40. The minimum atomic E-state index is 0.490. The molecule has 3 rings (SSSR count). The minimum absolute atomic E-state index is 0.490. The van der Waals surface area contributed by atoms with Crippen molar-refractivity contribution < 1.29 is 4.52 Å². The zero-order valence-electron chi connectivity index (χ0n) is 13.0. The van der Waals surface area contributed by atoms with Crippen LogP contribution in [0.1, 0.15) is 42.4 Å². The highest BCUT2D eigenvalue weighted by Gasteiger charge is 2.25. The third kappa shape index (κ3) is 3.32. The molecule has 3 heterocycles. The van der Waals surface area contributed by atoms with E-state index in [1.807, 2.05) is 31.5 Å². The van der Waals surface area contributed by atoms with Gasteiger partial charge < -0.3 is 4.52 Å². The molecule has 6 heteroatoms. The lowest BCUT2D eigenvalue weighted by atomic mass is 10.0. The summed E-state index contributed by atoms with van der Waals surface area (Å²) in [5, 5.41) is 8.47. The molecule has 0 amide bonds. The van der Waals surface area contributed by atoms with Gasteiger partial charge in [-0.2, -0.15) is 5.10 Å². The Morgan fingerprint density at radius 3 is 2.81 bits per heavy atom. The second-order valence-electron chi connectivity index (χ2n) is 5.94. The Hall–Kier alpha value is -1.69. The van der Waals surface area contributed by atoms with Crippen molar-refractivity contribution >= 4 is 0 Å². The van der Waals surface area contributed by atoms with Crippen LogP contribution in [0.15, 0.2) is 10.6 Å². The van der Waals surface area contributed by atoms with Crippen LogP contribution in [0, 0.1) is 20.8 Å². The fraction of sp³-hybridized carbons (Fsp3) is 0.667. The van der Waals surface area contributed by atoms with E-state index in [2.05, 4.69) is 20.1 Å². The van der Waals surface area contributed by atoms with Gasteiger partial charge in [0.2, 0.25) is 0 Å². The molecule has 1 atom stereocenters. The highest BCUT2D eigenvalue weighted by Crippen LogP contribution is 2.21. The SMILES string of the molecule is Cc1cc(CN2CCCC[C@H]2Cn2nc(C)nc2C)on1. The van der Waals surface area contributed by atoms with Crippen molar-refractivity contribution in [3.05, 3.63) is 29.2 Å². The first kappa shape index (κ1) is 14.3. The minimum Gasteiger partial charge on any atom is -0.360 e. The Bertz CT molecular complexity index is 603. The number of hydrogen-bond donors (Lipinski definition) is 0. The van der Waals surface area contributed by atoms with Crippen LogP contribution in [-0.2, 0) is 13.1 Å². The first-order valence-electron chi connectivity index (χ1n) is 7.66. The van der Waals surface area contributed by atoms with Crippen molar-refractivity contribution in [2.45, 2.75) is 59.2 Å². The largest absolute Gasteiger partial charge is 0.360 e. The maximum atomic E-state index is 5.37. The van der Waals surface area contributed by atoms with Crippen LogP contribution in [0.5, 0.6) is 0 Å². The van der Waals surface area contributed by atoms with Crippen molar-refractivity contribution in [2.75, 3.05) is 6.54 Å². The van der Waals surface area contributed by atoms with Gasteiger partial charge in [0.05, 0.1) is 18.8 Å². The van der Waals surface area contributed by atoms with Crippen LogP contribution < -0.4 is 0 Å². The summed E-state index contributed by atoms with van der Waals surface area (Å²) in [6, 6.07) is 2.51. The molecule has 0 bridgehead atoms. The molecular weight excluding hydrogens is 266 g/mol. The van der Waals surface area contributed by atoms with Gasteiger partial charge in [-0.05, 0) is 40.2 Å². The standard InChI is InChI=1S/C15H23N5O/c1-11-8-15(21-18-11)10-19-7-5-4-6-14(19)9-20-13(3)16-12(2)17-20/h8,14H,4-7,9-10H2,1-3H3/t14-/m0/s1. The topological polar surface area (TPSA) is 60.0 Å². The Balaban J connectivity index is 1.70. The van der Waals surface area contributed by atoms with Crippen LogP contribution in [0.4, 0.5) is 0 Å². The van der Waals surface area contributed by atoms with E-state index in [1.165, 1.54) is 19.3 Å². The molecule has 0 N–H and O–H groups in total. The van der Waals surface area contributed by atoms with Crippen LogP contribution in [0.2, 0.25) is 0 Å². The molecule has 21 heavy (non-hydrogen) atoms. The van der Waals surface area contributed by atoms with E-state index in [0.29, 0.717) is 6.04 Å². The van der Waals surface area contributed by atoms with Crippen LogP contribution in [0.3, 0.4) is 0 Å². The maximum absolute atomic E-state index is 5.37. The average molecular weight is 289 g/mol. The predicted octanol–water partition coefficient (Wildman–Crippen LogP) is 2.25. The van der Waals surface area contributed by atoms with Gasteiger partial charge in [-0.3, -0.25) is 4.90 Å². The van der Waals surface area contributed by atoms with Gasteiger partial charge in [0.25, 0.3) is 0 Å². The van der Waals surface area contributed by atoms with Gasteiger partial charge in [-0.25, -0.2) is 9.67 Å². The van der Waals surface area contributed by atoms with Crippen LogP contribution in [-0.4, -0.2) is 37.4 Å². The summed E-state index contributed by atoms with van der Waals surface area (Å²) >= 11 is 0. The van der Waals surface area contributed by atoms with Gasteiger partial charge in [0, 0.05) is 12.1 Å². The molecule has 1 fully saturated rings. The molecule has 0 aromatic carbocycles. The average Bonchev–Trinajstić information content (AvgIpc) is 2.98. The zero-order chi connectivity index (χ0) is 14.8. The number of piperidine rings is 1. The second-order valence-corrected chi connectivity index (χ2v) is 5.94. The molecule has 2 aromatic rings. The van der Waals surface area contributed by atoms with E-state index < -0.39 is 0 Å². The van der Waals surface area contributed by atoms with Gasteiger partial charge in [-0.1, -0.05) is 11.6 Å². The Kier molecular flexibility index (Phi) is 4.05. The lowest BCUT2D eigenvalue weighted by Crippen LogP contribution is -2.41. The molecule has 2 aromatic heterocycles. The Morgan fingerprint density at radius 1 is 1.29 bits per heavy atom. The van der Waals surface area contributed by atoms with E-state index in [1.54, 1.807) is 0 Å². The van der Waals surface area contributed by atoms with Crippen LogP contribution >= 0.6 is 0 Å². The summed E-state index contributed by atoms with van der Waals surface area (Å²) in [6.45, 7) is 8.77. The lowest BCUT2D eigenvalue weighted by Gasteiger charge is -2.34. The lowest BCUT2D eigenvalue weighted by molar-refractivity contribution is 0.109. The maximum Gasteiger partial charge on any atom is 0.150 e. The first-order chi connectivity index (χ1) is 10.1. The van der Waals surface area contributed by atoms with Crippen molar-refractivity contribution in [1.29, 1.82) is 0 Å². The van der Waals surface area contributed by atoms with E-state index in [4.69, 9.17) is 4.52 Å². The van der Waals surface area contributed by atoms with Crippen molar-refractivity contribution in [2.24, 2.45) is 0 Å². The summed E-state index contributed by atoms with van der Waals surface area (Å²) in [6.07, 6.45) is 3.73. The Morgan fingerprint density at radius 2 is 2.14 bits per heavy atom. The number of aryl methyl sites for hydroxylation is 3. The van der Waals surface area contributed by atoms with E-state index >= 15 is 0 Å². The van der Waals surface area contributed by atoms with Crippen molar-refractivity contribution in [3.63, 3.8) is 0 Å². The molecule has 0 radical (unpaired) electrons. The summed E-state index contributed by atoms with van der Waals surface area (Å²) in [4.78, 5) is 6.88. The molecule has 1 aliphatic heterocycles. The molecule has 1 aliphatic rings. The van der Waals surface area contributed by atoms with Crippen molar-refractivity contribution in [3.8, 4) is 0 Å². The molecule has 0 unspecified atom stereocenters. The number of aromatic nitrogens is 4. The quantitative estimate of drug-likeness (QED) is 0.864. The zero-order valence-corrected chi connectivity index (χ0v) is 13.0. The first-order valence-corrected chi connectivity index (χ1v) is 7.66. The van der Waals surface area contributed by atoms with Crippen molar-refractivity contribution in [1.82, 2.24) is 24.8 Å². The molecule has 0 saturated carbocycles. The summed E-state index contributed by atoms with van der Waals surface area (Å²) in [7, 11) is 0. The number of hydrogen-bond acceptors (Lipinski definition) is 5. The summed E-state index contributed by atoms with van der Waals surface area (Å²) in [5.74, 6) is 2.79. The fourth-order valence-electron chi connectivity index (χ4n) is 3.10. The van der Waals surface area contributed by atoms with E-state index in [-0.39, 0.29) is 0 Å². The molecule has 6 nitrogen and oxygen atoms in total. The number of likely N-dealkylation sites (tertiary alicyclic amines) is 1. The third-order valence-electron chi connectivity index (χ3n) is 4.13. The van der Waals surface area contributed by atoms with Gasteiger partial charge >= 0.3 is 0 Å². The molecular formula is C15H23N5O. The highest BCUT2D eigenvalue weighted by molar-refractivity contribution is 5.03. The molecule has 1 saturated heterocycles. The molecule has 0 aliphatic carbocycles. The smallest absolute Gasteiger partial charge is 0.150 e. The third-order valence-corrected chi connectivity index (χ3v) is 4.13. The molecule has 114 valence electrons.